The van der Waals surface area contributed by atoms with Crippen LogP contribution in [0, 0.1) is 0 Å². The van der Waals surface area contributed by atoms with Gasteiger partial charge in [0.1, 0.15) is 6.04 Å². The van der Waals surface area contributed by atoms with Gasteiger partial charge < -0.3 is 10.1 Å². The van der Waals surface area contributed by atoms with Crippen molar-refractivity contribution in [3.8, 4) is 0 Å². The summed E-state index contributed by atoms with van der Waals surface area (Å²) >= 11 is 6.74. The summed E-state index contributed by atoms with van der Waals surface area (Å²) in [5.41, 5.74) is 1.63. The predicted molar refractivity (Wildman–Crippen MR) is 99.1 cm³/mol. The molecule has 1 N–H and O–H groups in total. The number of nitrogens with one attached hydrogen (secondary N) is 1. The van der Waals surface area contributed by atoms with Crippen LogP contribution in [0.2, 0.25) is 0 Å². The lowest BCUT2D eigenvalue weighted by atomic mass is 9.95. The van der Waals surface area contributed by atoms with Crippen molar-refractivity contribution in [2.45, 2.75) is 6.04 Å². The van der Waals surface area contributed by atoms with Gasteiger partial charge in [-0.2, -0.15) is 0 Å². The molecule has 0 saturated carbocycles. The van der Waals surface area contributed by atoms with Crippen LogP contribution in [0.25, 0.3) is 0 Å². The van der Waals surface area contributed by atoms with Gasteiger partial charge in [0, 0.05) is 20.2 Å². The zero-order valence-corrected chi connectivity index (χ0v) is 15.7. The SMILES string of the molecule is COC(=O)C1=Nc2ccc(Br)cc2C(=O)C1Nc1cccc(Br)c1. The normalized spacial score (nSPS) is 16.2. The fourth-order valence-electron chi connectivity index (χ4n) is 2.42. The summed E-state index contributed by atoms with van der Waals surface area (Å²) in [5, 5.41) is 3.07. The minimum absolute atomic E-state index is 0.0392. The minimum atomic E-state index is -0.909. The maximum atomic E-state index is 12.9. The molecule has 1 aliphatic rings. The van der Waals surface area contributed by atoms with Crippen LogP contribution in [0.15, 0.2) is 56.4 Å². The molecule has 1 aliphatic heterocycles. The molecule has 0 aliphatic carbocycles. The van der Waals surface area contributed by atoms with E-state index in [0.29, 0.717) is 16.9 Å². The van der Waals surface area contributed by atoms with Crippen molar-refractivity contribution in [1.82, 2.24) is 0 Å². The molecule has 5 nitrogen and oxygen atoms in total. The minimum Gasteiger partial charge on any atom is -0.464 e. The van der Waals surface area contributed by atoms with E-state index in [1.54, 1.807) is 18.2 Å². The molecule has 24 heavy (non-hydrogen) atoms. The molecular formula is C17H12Br2N2O3. The number of methoxy groups -OCH3 is 1. The highest BCUT2D eigenvalue weighted by Crippen LogP contribution is 2.30. The van der Waals surface area contributed by atoms with E-state index in [9.17, 15) is 9.59 Å². The second kappa shape index (κ2) is 6.86. The summed E-state index contributed by atoms with van der Waals surface area (Å²) in [4.78, 5) is 29.3. The van der Waals surface area contributed by atoms with Gasteiger partial charge in [-0.15, -0.1) is 0 Å². The summed E-state index contributed by atoms with van der Waals surface area (Å²) in [6, 6.07) is 11.6. The zero-order chi connectivity index (χ0) is 17.3. The van der Waals surface area contributed by atoms with Gasteiger partial charge in [0.25, 0.3) is 0 Å². The number of halogens is 2. The van der Waals surface area contributed by atoms with Gasteiger partial charge in [0.15, 0.2) is 11.5 Å². The number of Topliss-reactive ketones (excluding diaryl/α,β-unsaturated/α-hetero) is 1. The molecule has 0 aromatic heterocycles. The molecule has 0 radical (unpaired) electrons. The predicted octanol–water partition coefficient (Wildman–Crippen LogP) is 4.13. The van der Waals surface area contributed by atoms with E-state index in [2.05, 4.69) is 42.2 Å². The average molecular weight is 452 g/mol. The number of anilines is 1. The van der Waals surface area contributed by atoms with Gasteiger partial charge in [0.05, 0.1) is 12.8 Å². The number of hydrogen-bond acceptors (Lipinski definition) is 5. The second-order valence-electron chi connectivity index (χ2n) is 5.10. The molecule has 1 heterocycles. The quantitative estimate of drug-likeness (QED) is 0.712. The number of carbonyl (C=O) groups excluding carboxylic acids is 2. The Bertz CT molecular complexity index is 865. The van der Waals surface area contributed by atoms with E-state index < -0.39 is 12.0 Å². The third-order valence-corrected chi connectivity index (χ3v) is 4.52. The Kier molecular flexibility index (Phi) is 4.82. The fraction of sp³-hybridized carbons (Fsp3) is 0.118. The third kappa shape index (κ3) is 3.27. The lowest BCUT2D eigenvalue weighted by Crippen LogP contribution is -2.44. The van der Waals surface area contributed by atoms with Gasteiger partial charge in [-0.1, -0.05) is 37.9 Å². The number of rotatable bonds is 3. The first-order valence-electron chi connectivity index (χ1n) is 7.02. The number of aliphatic imine (C=N–C) groups is 1. The monoisotopic (exact) mass is 450 g/mol. The first-order valence-corrected chi connectivity index (χ1v) is 8.61. The Balaban J connectivity index is 2.06. The van der Waals surface area contributed by atoms with Gasteiger partial charge >= 0.3 is 5.97 Å². The highest BCUT2D eigenvalue weighted by atomic mass is 79.9. The number of nitrogens with zero attached hydrogens (tertiary/aromatic N) is 1. The molecular weight excluding hydrogens is 440 g/mol. The number of esters is 1. The Morgan fingerprint density at radius 1 is 1.17 bits per heavy atom. The Morgan fingerprint density at radius 2 is 1.92 bits per heavy atom. The standard InChI is InChI=1S/C17H12Br2N2O3/c1-24-17(23)15-14(20-11-4-2-3-9(18)7-11)16(22)12-8-10(19)5-6-13(12)21-15/h2-8,14,20H,1H3. The van der Waals surface area contributed by atoms with Crippen molar-refractivity contribution in [2.24, 2.45) is 4.99 Å². The molecule has 0 saturated heterocycles. The van der Waals surface area contributed by atoms with Gasteiger partial charge in [0.2, 0.25) is 0 Å². The van der Waals surface area contributed by atoms with E-state index in [-0.39, 0.29) is 11.5 Å². The summed E-state index contributed by atoms with van der Waals surface area (Å²) in [7, 11) is 1.27. The van der Waals surface area contributed by atoms with Crippen LogP contribution >= 0.6 is 31.9 Å². The van der Waals surface area contributed by atoms with E-state index in [0.717, 1.165) is 8.95 Å². The van der Waals surface area contributed by atoms with Crippen LogP contribution in [0.4, 0.5) is 11.4 Å². The van der Waals surface area contributed by atoms with Crippen LogP contribution in [0.1, 0.15) is 10.4 Å². The summed E-state index contributed by atoms with van der Waals surface area (Å²) in [5.74, 6) is -0.869. The molecule has 1 unspecified atom stereocenters. The van der Waals surface area contributed by atoms with Crippen molar-refractivity contribution in [3.63, 3.8) is 0 Å². The molecule has 0 bridgehead atoms. The summed E-state index contributed by atoms with van der Waals surface area (Å²) < 4.78 is 6.42. The van der Waals surface area contributed by atoms with Crippen molar-refractivity contribution in [2.75, 3.05) is 12.4 Å². The van der Waals surface area contributed by atoms with Crippen LogP contribution in [0.3, 0.4) is 0 Å². The highest BCUT2D eigenvalue weighted by molar-refractivity contribution is 9.10. The van der Waals surface area contributed by atoms with Gasteiger partial charge in [-0.25, -0.2) is 9.79 Å². The number of carbonyl (C=O) groups is 2. The Hall–Kier alpha value is -1.99. The molecule has 0 amide bonds. The average Bonchev–Trinajstić information content (AvgIpc) is 2.57. The van der Waals surface area contributed by atoms with Crippen LogP contribution in [-0.4, -0.2) is 30.6 Å². The zero-order valence-electron chi connectivity index (χ0n) is 12.5. The van der Waals surface area contributed by atoms with Gasteiger partial charge in [-0.05, 0) is 36.4 Å². The number of ketones is 1. The number of hydrogen-bond donors (Lipinski definition) is 1. The molecule has 0 spiro atoms. The number of fused-ring (bicyclic) bond motifs is 1. The van der Waals surface area contributed by atoms with Crippen LogP contribution in [-0.2, 0) is 9.53 Å². The molecule has 7 heteroatoms. The largest absolute Gasteiger partial charge is 0.464 e. The highest BCUT2D eigenvalue weighted by Gasteiger charge is 2.36. The van der Waals surface area contributed by atoms with Crippen molar-refractivity contribution in [1.29, 1.82) is 0 Å². The lowest BCUT2D eigenvalue weighted by Gasteiger charge is -2.24. The van der Waals surface area contributed by atoms with Crippen molar-refractivity contribution in [3.05, 3.63) is 57.0 Å². The fourth-order valence-corrected chi connectivity index (χ4v) is 3.18. The molecule has 0 fully saturated rings. The van der Waals surface area contributed by atoms with E-state index in [1.165, 1.54) is 7.11 Å². The first-order chi connectivity index (χ1) is 11.5. The number of ether oxygens (including phenoxy) is 1. The smallest absolute Gasteiger partial charge is 0.355 e. The first kappa shape index (κ1) is 16.9. The lowest BCUT2D eigenvalue weighted by molar-refractivity contribution is -0.132. The molecule has 2 aromatic rings. The van der Waals surface area contributed by atoms with E-state index in [4.69, 9.17) is 4.74 Å². The summed E-state index contributed by atoms with van der Waals surface area (Å²) in [6.45, 7) is 0. The van der Waals surface area contributed by atoms with E-state index in [1.807, 2.05) is 24.3 Å². The molecule has 122 valence electrons. The second-order valence-corrected chi connectivity index (χ2v) is 6.93. The van der Waals surface area contributed by atoms with Crippen LogP contribution in [0.5, 0.6) is 0 Å². The molecule has 2 aromatic carbocycles. The van der Waals surface area contributed by atoms with Gasteiger partial charge in [-0.3, -0.25) is 4.79 Å². The maximum absolute atomic E-state index is 12.9. The molecule has 3 rings (SSSR count). The van der Waals surface area contributed by atoms with Crippen LogP contribution < -0.4 is 5.32 Å². The Labute approximate surface area is 155 Å². The maximum Gasteiger partial charge on any atom is 0.355 e. The Morgan fingerprint density at radius 3 is 2.62 bits per heavy atom. The van der Waals surface area contributed by atoms with E-state index >= 15 is 0 Å². The molecule has 1 atom stereocenters. The summed E-state index contributed by atoms with van der Waals surface area (Å²) in [6.07, 6.45) is 0. The van der Waals surface area contributed by atoms with Crippen molar-refractivity contribution >= 4 is 60.7 Å². The third-order valence-electron chi connectivity index (χ3n) is 3.53. The number of benzene rings is 2. The van der Waals surface area contributed by atoms with Crippen molar-refractivity contribution < 1.29 is 14.3 Å². The topological polar surface area (TPSA) is 67.8 Å².